The lowest BCUT2D eigenvalue weighted by atomic mass is 10.1. The van der Waals surface area contributed by atoms with Gasteiger partial charge in [0.15, 0.2) is 0 Å². The molecular weight excluding hydrogens is 242 g/mol. The van der Waals surface area contributed by atoms with Crippen molar-refractivity contribution in [2.24, 2.45) is 5.73 Å². The first kappa shape index (κ1) is 13.2. The summed E-state index contributed by atoms with van der Waals surface area (Å²) < 4.78 is 1.99. The summed E-state index contributed by atoms with van der Waals surface area (Å²) in [6.45, 7) is 5.57. The number of aryl methyl sites for hydroxylation is 1. The average molecular weight is 258 g/mol. The first-order chi connectivity index (χ1) is 7.24. The van der Waals surface area contributed by atoms with Gasteiger partial charge in [0.05, 0.1) is 12.2 Å². The molecule has 3 nitrogen and oxygen atoms in total. The minimum Gasteiger partial charge on any atom is -0.329 e. The molecule has 2 aromatic rings. The molecule has 5 heteroatoms. The Morgan fingerprint density at radius 1 is 1.44 bits per heavy atom. The average Bonchev–Trinajstić information content (AvgIpc) is 2.77. The van der Waals surface area contributed by atoms with Crippen molar-refractivity contribution in [2.45, 2.75) is 20.4 Å². The Balaban J connectivity index is 0.00000128. The van der Waals surface area contributed by atoms with Crippen LogP contribution in [0.15, 0.2) is 17.5 Å². The fraction of sp³-hybridized carbons (Fsp3) is 0.364. The maximum Gasteiger partial charge on any atom is 0.0683 e. The van der Waals surface area contributed by atoms with Gasteiger partial charge in [-0.25, -0.2) is 0 Å². The fourth-order valence-electron chi connectivity index (χ4n) is 1.81. The van der Waals surface area contributed by atoms with E-state index in [0.29, 0.717) is 6.54 Å². The molecule has 0 saturated carbocycles. The van der Waals surface area contributed by atoms with Crippen LogP contribution in [0.3, 0.4) is 0 Å². The molecule has 0 unspecified atom stereocenters. The number of halogens is 1. The van der Waals surface area contributed by atoms with E-state index in [1.165, 1.54) is 16.1 Å². The van der Waals surface area contributed by atoms with Crippen LogP contribution in [-0.2, 0) is 6.54 Å². The fourth-order valence-corrected chi connectivity index (χ4v) is 2.69. The third kappa shape index (κ3) is 2.29. The van der Waals surface area contributed by atoms with Crippen molar-refractivity contribution >= 4 is 23.7 Å². The van der Waals surface area contributed by atoms with E-state index in [1.807, 2.05) is 4.68 Å². The maximum absolute atomic E-state index is 5.55. The van der Waals surface area contributed by atoms with E-state index < -0.39 is 0 Å². The Hall–Kier alpha value is -0.840. The molecule has 0 aliphatic rings. The van der Waals surface area contributed by atoms with Gasteiger partial charge in [-0.1, -0.05) is 6.07 Å². The van der Waals surface area contributed by atoms with Gasteiger partial charge in [-0.15, -0.1) is 23.7 Å². The Labute approximate surface area is 106 Å². The van der Waals surface area contributed by atoms with Crippen LogP contribution in [-0.4, -0.2) is 16.3 Å². The van der Waals surface area contributed by atoms with Gasteiger partial charge in [0.25, 0.3) is 0 Å². The largest absolute Gasteiger partial charge is 0.329 e. The molecule has 0 saturated heterocycles. The first-order valence-electron chi connectivity index (χ1n) is 5.02. The van der Waals surface area contributed by atoms with Gasteiger partial charge in [-0.05, 0) is 25.3 Å². The van der Waals surface area contributed by atoms with Crippen LogP contribution >= 0.6 is 23.7 Å². The standard InChI is InChI=1S/C11H15N3S.ClH/c1-8-11(10-4-3-7-15-10)9(2)14(13-8)6-5-12;/h3-4,7H,5-6,12H2,1-2H3;1H. The van der Waals surface area contributed by atoms with Crippen LogP contribution in [0.1, 0.15) is 11.4 Å². The van der Waals surface area contributed by atoms with Crippen molar-refractivity contribution in [3.05, 3.63) is 28.9 Å². The minimum atomic E-state index is 0. The summed E-state index contributed by atoms with van der Waals surface area (Å²) in [6, 6.07) is 4.20. The second-order valence-corrected chi connectivity index (χ2v) is 4.48. The van der Waals surface area contributed by atoms with E-state index in [2.05, 4.69) is 36.5 Å². The number of nitrogens with two attached hydrogens (primary N) is 1. The van der Waals surface area contributed by atoms with Crippen LogP contribution in [0, 0.1) is 13.8 Å². The molecule has 0 radical (unpaired) electrons. The van der Waals surface area contributed by atoms with Gasteiger partial charge in [-0.3, -0.25) is 4.68 Å². The molecule has 88 valence electrons. The molecule has 0 aliphatic heterocycles. The number of aromatic nitrogens is 2. The van der Waals surface area contributed by atoms with E-state index in [-0.39, 0.29) is 12.4 Å². The SMILES string of the molecule is Cc1nn(CCN)c(C)c1-c1cccs1.Cl. The van der Waals surface area contributed by atoms with Crippen LogP contribution < -0.4 is 5.73 Å². The summed E-state index contributed by atoms with van der Waals surface area (Å²) >= 11 is 1.75. The van der Waals surface area contributed by atoms with Crippen molar-refractivity contribution in [1.82, 2.24) is 9.78 Å². The summed E-state index contributed by atoms with van der Waals surface area (Å²) in [6.07, 6.45) is 0. The lowest BCUT2D eigenvalue weighted by molar-refractivity contribution is 0.604. The molecule has 16 heavy (non-hydrogen) atoms. The second kappa shape index (κ2) is 5.48. The smallest absolute Gasteiger partial charge is 0.0683 e. The number of hydrogen-bond acceptors (Lipinski definition) is 3. The van der Waals surface area contributed by atoms with Crippen molar-refractivity contribution in [2.75, 3.05) is 6.54 Å². The molecule has 2 N–H and O–H groups in total. The van der Waals surface area contributed by atoms with Gasteiger partial charge in [0.2, 0.25) is 0 Å². The zero-order valence-corrected chi connectivity index (χ0v) is 11.1. The second-order valence-electron chi connectivity index (χ2n) is 3.53. The Morgan fingerprint density at radius 2 is 2.19 bits per heavy atom. The summed E-state index contributed by atoms with van der Waals surface area (Å²) in [5, 5.41) is 6.59. The number of rotatable bonds is 3. The highest BCUT2D eigenvalue weighted by atomic mass is 35.5. The van der Waals surface area contributed by atoms with E-state index in [0.717, 1.165) is 12.2 Å². The molecule has 0 aromatic carbocycles. The highest BCUT2D eigenvalue weighted by Crippen LogP contribution is 2.30. The summed E-state index contributed by atoms with van der Waals surface area (Å²) in [5.41, 5.74) is 9.11. The van der Waals surface area contributed by atoms with E-state index in [9.17, 15) is 0 Å². The van der Waals surface area contributed by atoms with Gasteiger partial charge in [0.1, 0.15) is 0 Å². The quantitative estimate of drug-likeness (QED) is 0.919. The van der Waals surface area contributed by atoms with Gasteiger partial charge in [-0.2, -0.15) is 5.10 Å². The summed E-state index contributed by atoms with van der Waals surface area (Å²) in [5.74, 6) is 0. The molecule has 2 heterocycles. The van der Waals surface area contributed by atoms with Crippen molar-refractivity contribution in [3.63, 3.8) is 0 Å². The highest BCUT2D eigenvalue weighted by Gasteiger charge is 2.13. The van der Waals surface area contributed by atoms with Crippen molar-refractivity contribution < 1.29 is 0 Å². The molecule has 0 spiro atoms. The topological polar surface area (TPSA) is 43.8 Å². The van der Waals surface area contributed by atoms with Gasteiger partial charge < -0.3 is 5.73 Å². The lowest BCUT2D eigenvalue weighted by Crippen LogP contribution is -2.12. The molecule has 0 aliphatic carbocycles. The van der Waals surface area contributed by atoms with Crippen LogP contribution in [0.25, 0.3) is 10.4 Å². The lowest BCUT2D eigenvalue weighted by Gasteiger charge is -2.01. The predicted molar refractivity (Wildman–Crippen MR) is 71.3 cm³/mol. The molecule has 2 rings (SSSR count). The first-order valence-corrected chi connectivity index (χ1v) is 5.90. The van der Waals surface area contributed by atoms with Crippen molar-refractivity contribution in [3.8, 4) is 10.4 Å². The summed E-state index contributed by atoms with van der Waals surface area (Å²) in [4.78, 5) is 1.29. The molecular formula is C11H16ClN3S. The van der Waals surface area contributed by atoms with E-state index in [1.54, 1.807) is 11.3 Å². The van der Waals surface area contributed by atoms with Crippen LogP contribution in [0.2, 0.25) is 0 Å². The number of thiophene rings is 1. The van der Waals surface area contributed by atoms with E-state index >= 15 is 0 Å². The van der Waals surface area contributed by atoms with Gasteiger partial charge in [0, 0.05) is 22.7 Å². The molecule has 0 amide bonds. The Morgan fingerprint density at radius 3 is 2.75 bits per heavy atom. The Kier molecular flexibility index (Phi) is 4.53. The Bertz CT molecular complexity index is 448. The van der Waals surface area contributed by atoms with Crippen molar-refractivity contribution in [1.29, 1.82) is 0 Å². The minimum absolute atomic E-state index is 0. The van der Waals surface area contributed by atoms with E-state index in [4.69, 9.17) is 5.73 Å². The zero-order chi connectivity index (χ0) is 10.8. The maximum atomic E-state index is 5.55. The predicted octanol–water partition coefficient (Wildman–Crippen LogP) is 2.61. The molecule has 0 bridgehead atoms. The normalized spacial score (nSPS) is 10.2. The number of nitrogens with zero attached hydrogens (tertiary/aromatic N) is 2. The molecule has 0 atom stereocenters. The highest BCUT2D eigenvalue weighted by molar-refractivity contribution is 7.13. The molecule has 0 fully saturated rings. The molecule has 2 aromatic heterocycles. The summed E-state index contributed by atoms with van der Waals surface area (Å²) in [7, 11) is 0. The van der Waals surface area contributed by atoms with Crippen LogP contribution in [0.5, 0.6) is 0 Å². The van der Waals surface area contributed by atoms with Gasteiger partial charge >= 0.3 is 0 Å². The zero-order valence-electron chi connectivity index (χ0n) is 9.43. The number of hydrogen-bond donors (Lipinski definition) is 1. The third-order valence-electron chi connectivity index (χ3n) is 2.49. The monoisotopic (exact) mass is 257 g/mol. The third-order valence-corrected chi connectivity index (χ3v) is 3.38. The van der Waals surface area contributed by atoms with Crippen LogP contribution in [0.4, 0.5) is 0 Å².